The van der Waals surface area contributed by atoms with Gasteiger partial charge in [0.05, 0.1) is 34.5 Å². The van der Waals surface area contributed by atoms with Crippen molar-refractivity contribution in [2.75, 3.05) is 25.0 Å². The SMILES string of the molecule is Cc1c(Nc2ccc(C#N)cc2Cl)ncnc1OCC1C2CCC1CN(C(=O)OC1(C)CC1)C2. The van der Waals surface area contributed by atoms with Crippen LogP contribution in [0, 0.1) is 36.0 Å². The van der Waals surface area contributed by atoms with E-state index in [9.17, 15) is 4.79 Å². The standard InChI is InChI=1S/C25H28ClN5O3/c1-15-22(30-21-6-3-16(10-27)9-20(21)26)28-14-29-23(15)33-13-19-17-4-5-18(19)12-31(11-17)24(32)34-25(2)7-8-25/h3,6,9,14,17-19H,4-5,7-8,11-13H2,1-2H3,(H,28,29,30). The molecule has 8 nitrogen and oxygen atoms in total. The molecule has 2 aromatic rings. The minimum atomic E-state index is -0.242. The first kappa shape index (κ1) is 22.7. The lowest BCUT2D eigenvalue weighted by atomic mass is 9.86. The number of likely N-dealkylation sites (tertiary alicyclic amines) is 1. The lowest BCUT2D eigenvalue weighted by molar-refractivity contribution is 0.0255. The molecule has 3 fully saturated rings. The molecule has 34 heavy (non-hydrogen) atoms. The normalized spacial score (nSPS) is 24.3. The monoisotopic (exact) mass is 481 g/mol. The molecule has 1 aliphatic heterocycles. The molecule has 2 unspecified atom stereocenters. The van der Waals surface area contributed by atoms with Crippen LogP contribution in [0.4, 0.5) is 16.3 Å². The average Bonchev–Trinajstić information content (AvgIpc) is 3.50. The highest BCUT2D eigenvalue weighted by Gasteiger charge is 2.47. The number of carbonyl (C=O) groups is 1. The van der Waals surface area contributed by atoms with E-state index in [2.05, 4.69) is 21.4 Å². The fourth-order valence-corrected chi connectivity index (χ4v) is 5.23. The van der Waals surface area contributed by atoms with E-state index in [1.807, 2.05) is 18.7 Å². The van der Waals surface area contributed by atoms with Gasteiger partial charge in [0.25, 0.3) is 0 Å². The Bertz CT molecular complexity index is 1130. The number of piperidine rings is 1. The number of rotatable bonds is 6. The van der Waals surface area contributed by atoms with E-state index in [0.29, 0.717) is 52.3 Å². The van der Waals surface area contributed by atoms with Gasteiger partial charge in [0.1, 0.15) is 17.7 Å². The maximum atomic E-state index is 12.6. The number of hydrogen-bond donors (Lipinski definition) is 1. The molecule has 1 saturated heterocycles. The topological polar surface area (TPSA) is 100 Å². The van der Waals surface area contributed by atoms with Crippen LogP contribution in [0.25, 0.3) is 0 Å². The zero-order valence-electron chi connectivity index (χ0n) is 19.4. The van der Waals surface area contributed by atoms with Gasteiger partial charge in [0.2, 0.25) is 5.88 Å². The molecule has 2 aliphatic carbocycles. The number of benzene rings is 1. The Balaban J connectivity index is 1.21. The summed E-state index contributed by atoms with van der Waals surface area (Å²) in [7, 11) is 0. The molecule has 1 N–H and O–H groups in total. The number of ether oxygens (including phenoxy) is 2. The van der Waals surface area contributed by atoms with Crippen molar-refractivity contribution in [3.8, 4) is 11.9 Å². The Hall–Kier alpha value is -3.05. The highest BCUT2D eigenvalue weighted by molar-refractivity contribution is 6.33. The summed E-state index contributed by atoms with van der Waals surface area (Å²) < 4.78 is 11.9. The molecule has 1 aromatic carbocycles. The highest BCUT2D eigenvalue weighted by atomic mass is 35.5. The molecule has 178 valence electrons. The second-order valence-electron chi connectivity index (χ2n) is 9.88. The van der Waals surface area contributed by atoms with Crippen LogP contribution in [0.15, 0.2) is 24.5 Å². The summed E-state index contributed by atoms with van der Waals surface area (Å²) in [6.45, 7) is 5.92. The van der Waals surface area contributed by atoms with Crippen molar-refractivity contribution in [1.29, 1.82) is 5.26 Å². The predicted molar refractivity (Wildman–Crippen MR) is 127 cm³/mol. The van der Waals surface area contributed by atoms with Crippen LogP contribution in [0.5, 0.6) is 5.88 Å². The molecular weight excluding hydrogens is 454 g/mol. The van der Waals surface area contributed by atoms with Gasteiger partial charge >= 0.3 is 6.09 Å². The van der Waals surface area contributed by atoms with Crippen LogP contribution in [0.3, 0.4) is 0 Å². The van der Waals surface area contributed by atoms with Gasteiger partial charge in [-0.2, -0.15) is 5.26 Å². The quantitative estimate of drug-likeness (QED) is 0.613. The summed E-state index contributed by atoms with van der Waals surface area (Å²) in [4.78, 5) is 23.1. The third kappa shape index (κ3) is 4.62. The second-order valence-corrected chi connectivity index (χ2v) is 10.3. The Morgan fingerprint density at radius 1 is 1.29 bits per heavy atom. The zero-order valence-corrected chi connectivity index (χ0v) is 20.1. The van der Waals surface area contributed by atoms with Gasteiger partial charge in [-0.15, -0.1) is 0 Å². The number of fused-ring (bicyclic) bond motifs is 2. The van der Waals surface area contributed by atoms with Crippen LogP contribution >= 0.6 is 11.6 Å². The van der Waals surface area contributed by atoms with Crippen molar-refractivity contribution in [2.45, 2.75) is 45.1 Å². The number of hydrogen-bond acceptors (Lipinski definition) is 7. The molecule has 3 aliphatic rings. The molecule has 2 atom stereocenters. The molecule has 1 amide bonds. The third-order valence-corrected chi connectivity index (χ3v) is 7.69. The van der Waals surface area contributed by atoms with Crippen molar-refractivity contribution < 1.29 is 14.3 Å². The number of amides is 1. The first-order chi connectivity index (χ1) is 16.3. The van der Waals surface area contributed by atoms with Crippen molar-refractivity contribution in [3.63, 3.8) is 0 Å². The first-order valence-electron chi connectivity index (χ1n) is 11.7. The summed E-state index contributed by atoms with van der Waals surface area (Å²) >= 11 is 6.30. The van der Waals surface area contributed by atoms with Gasteiger partial charge in [-0.25, -0.2) is 14.8 Å². The van der Waals surface area contributed by atoms with Gasteiger partial charge in [-0.3, -0.25) is 0 Å². The van der Waals surface area contributed by atoms with E-state index in [1.54, 1.807) is 18.2 Å². The second kappa shape index (κ2) is 8.95. The van der Waals surface area contributed by atoms with E-state index in [0.717, 1.165) is 44.3 Å². The summed E-state index contributed by atoms with van der Waals surface area (Å²) in [6.07, 6.45) is 5.43. The predicted octanol–water partition coefficient (Wildman–Crippen LogP) is 5.08. The van der Waals surface area contributed by atoms with Crippen LogP contribution in [0.2, 0.25) is 5.02 Å². The summed E-state index contributed by atoms with van der Waals surface area (Å²) in [6, 6.07) is 7.14. The van der Waals surface area contributed by atoms with Gasteiger partial charge in [0.15, 0.2) is 0 Å². The first-order valence-corrected chi connectivity index (χ1v) is 12.1. The van der Waals surface area contributed by atoms with Crippen molar-refractivity contribution in [2.24, 2.45) is 17.8 Å². The maximum Gasteiger partial charge on any atom is 0.410 e. The minimum absolute atomic E-state index is 0.167. The average molecular weight is 482 g/mol. The van der Waals surface area contributed by atoms with Crippen LogP contribution in [0.1, 0.15) is 43.7 Å². The van der Waals surface area contributed by atoms with E-state index >= 15 is 0 Å². The van der Waals surface area contributed by atoms with Crippen LogP contribution in [-0.2, 0) is 4.74 Å². The number of nitriles is 1. The minimum Gasteiger partial charge on any atom is -0.477 e. The molecule has 0 spiro atoms. The maximum absolute atomic E-state index is 12.6. The number of carbonyl (C=O) groups excluding carboxylic acids is 1. The molecular formula is C25H28ClN5O3. The molecule has 0 radical (unpaired) electrons. The zero-order chi connectivity index (χ0) is 23.9. The van der Waals surface area contributed by atoms with E-state index in [-0.39, 0.29) is 11.7 Å². The largest absolute Gasteiger partial charge is 0.477 e. The van der Waals surface area contributed by atoms with E-state index < -0.39 is 0 Å². The molecule has 2 heterocycles. The summed E-state index contributed by atoms with van der Waals surface area (Å²) in [5.74, 6) is 2.35. The number of nitrogens with zero attached hydrogens (tertiary/aromatic N) is 4. The van der Waals surface area contributed by atoms with Gasteiger partial charge in [-0.05, 0) is 69.6 Å². The third-order valence-electron chi connectivity index (χ3n) is 7.38. The van der Waals surface area contributed by atoms with Gasteiger partial charge < -0.3 is 19.7 Å². The fraction of sp³-hybridized carbons (Fsp3) is 0.520. The lowest BCUT2D eigenvalue weighted by Gasteiger charge is -2.37. The van der Waals surface area contributed by atoms with Crippen molar-refractivity contribution in [3.05, 3.63) is 40.7 Å². The van der Waals surface area contributed by atoms with Crippen LogP contribution in [-0.4, -0.2) is 46.3 Å². The Kier molecular flexibility index (Phi) is 5.98. The van der Waals surface area contributed by atoms with Crippen LogP contribution < -0.4 is 10.1 Å². The molecule has 1 aromatic heterocycles. The molecule has 2 saturated carbocycles. The number of anilines is 2. The smallest absolute Gasteiger partial charge is 0.410 e. The number of halogens is 1. The molecule has 9 heteroatoms. The molecule has 5 rings (SSSR count). The van der Waals surface area contributed by atoms with Crippen molar-refractivity contribution >= 4 is 29.2 Å². The lowest BCUT2D eigenvalue weighted by Crippen LogP contribution is -2.47. The number of aromatic nitrogens is 2. The van der Waals surface area contributed by atoms with Crippen molar-refractivity contribution in [1.82, 2.24) is 14.9 Å². The van der Waals surface area contributed by atoms with Gasteiger partial charge in [-0.1, -0.05) is 11.6 Å². The Morgan fingerprint density at radius 2 is 2.03 bits per heavy atom. The summed E-state index contributed by atoms with van der Waals surface area (Å²) in [5.41, 5.74) is 1.70. The Labute approximate surface area is 204 Å². The van der Waals surface area contributed by atoms with E-state index in [1.165, 1.54) is 6.33 Å². The highest BCUT2D eigenvalue weighted by Crippen LogP contribution is 2.44. The van der Waals surface area contributed by atoms with E-state index in [4.69, 9.17) is 26.3 Å². The molecule has 2 bridgehead atoms. The summed E-state index contributed by atoms with van der Waals surface area (Å²) in [5, 5.41) is 12.7. The number of nitrogens with one attached hydrogen (secondary N) is 1. The Morgan fingerprint density at radius 3 is 2.68 bits per heavy atom. The van der Waals surface area contributed by atoms with Gasteiger partial charge in [0, 0.05) is 19.0 Å². The fourth-order valence-electron chi connectivity index (χ4n) is 5.00.